The van der Waals surface area contributed by atoms with E-state index in [1.807, 2.05) is 0 Å². The van der Waals surface area contributed by atoms with Crippen LogP contribution in [0.5, 0.6) is 0 Å². The number of aromatic nitrogens is 2. The number of nitrogens with two attached hydrogens (primary N) is 1. The van der Waals surface area contributed by atoms with Gasteiger partial charge in [-0.3, -0.25) is 10.1 Å². The molecule has 0 unspecified atom stereocenters. The summed E-state index contributed by atoms with van der Waals surface area (Å²) in [5.41, 5.74) is 4.26. The maximum absolute atomic E-state index is 12.1. The minimum absolute atomic E-state index is 0.0749. The number of nitrogens with zero attached hydrogens (tertiary/aromatic N) is 2. The first kappa shape index (κ1) is 10.6. The Hall–Kier alpha value is -1.53. The molecule has 0 amide bonds. The van der Waals surface area contributed by atoms with Crippen LogP contribution in [0, 0.1) is 5.41 Å². The third-order valence-corrected chi connectivity index (χ3v) is 1.57. The molecule has 4 nitrogen and oxygen atoms in total. The molecule has 0 saturated carbocycles. The molecule has 78 valence electrons. The zero-order chi connectivity index (χ0) is 10.8. The summed E-state index contributed by atoms with van der Waals surface area (Å²) in [7, 11) is 0. The minimum atomic E-state index is -4.37. The molecule has 14 heavy (non-hydrogen) atoms. The Morgan fingerprint density at radius 1 is 1.57 bits per heavy atom. The molecule has 1 aromatic rings. The van der Waals surface area contributed by atoms with E-state index < -0.39 is 11.7 Å². The second-order valence-electron chi connectivity index (χ2n) is 2.77. The summed E-state index contributed by atoms with van der Waals surface area (Å²) < 4.78 is 37.4. The van der Waals surface area contributed by atoms with Crippen molar-refractivity contribution in [2.75, 3.05) is 0 Å². The van der Waals surface area contributed by atoms with Crippen LogP contribution in [0.2, 0.25) is 0 Å². The van der Waals surface area contributed by atoms with Crippen molar-refractivity contribution in [3.05, 3.63) is 18.0 Å². The molecule has 3 N–H and O–H groups in total. The van der Waals surface area contributed by atoms with Gasteiger partial charge in [-0.05, 0) is 0 Å². The summed E-state index contributed by atoms with van der Waals surface area (Å²) in [5.74, 6) is -0.0749. The highest BCUT2D eigenvalue weighted by Gasteiger charge is 2.32. The van der Waals surface area contributed by atoms with E-state index in [-0.39, 0.29) is 18.8 Å². The van der Waals surface area contributed by atoms with Crippen molar-refractivity contribution in [1.82, 2.24) is 9.78 Å². The first-order valence-corrected chi connectivity index (χ1v) is 3.82. The highest BCUT2D eigenvalue weighted by Crippen LogP contribution is 2.28. The van der Waals surface area contributed by atoms with Crippen LogP contribution in [-0.2, 0) is 12.7 Å². The highest BCUT2D eigenvalue weighted by molar-refractivity contribution is 5.76. The summed E-state index contributed by atoms with van der Waals surface area (Å²) in [5, 5.41) is 10.4. The van der Waals surface area contributed by atoms with Crippen LogP contribution in [0.15, 0.2) is 12.4 Å². The molecule has 0 fully saturated rings. The van der Waals surface area contributed by atoms with Crippen LogP contribution in [0.4, 0.5) is 13.2 Å². The van der Waals surface area contributed by atoms with E-state index >= 15 is 0 Å². The lowest BCUT2D eigenvalue weighted by molar-refractivity contribution is -0.137. The van der Waals surface area contributed by atoms with Gasteiger partial charge < -0.3 is 5.73 Å². The van der Waals surface area contributed by atoms with Crippen molar-refractivity contribution in [2.45, 2.75) is 19.1 Å². The normalized spacial score (nSPS) is 11.6. The van der Waals surface area contributed by atoms with Gasteiger partial charge in [-0.2, -0.15) is 18.3 Å². The molecule has 0 aliphatic heterocycles. The molecule has 7 heteroatoms. The van der Waals surface area contributed by atoms with Crippen molar-refractivity contribution < 1.29 is 13.2 Å². The topological polar surface area (TPSA) is 67.7 Å². The third kappa shape index (κ3) is 2.75. The average molecular weight is 206 g/mol. The van der Waals surface area contributed by atoms with E-state index in [0.717, 1.165) is 17.1 Å². The number of hydrogen-bond acceptors (Lipinski definition) is 2. The quantitative estimate of drug-likeness (QED) is 0.576. The van der Waals surface area contributed by atoms with Crippen molar-refractivity contribution >= 4 is 5.84 Å². The first-order chi connectivity index (χ1) is 6.39. The number of hydrogen-bond donors (Lipinski definition) is 2. The largest absolute Gasteiger partial charge is 0.419 e. The van der Waals surface area contributed by atoms with Crippen LogP contribution >= 0.6 is 0 Å². The van der Waals surface area contributed by atoms with E-state index in [1.165, 1.54) is 0 Å². The lowest BCUT2D eigenvalue weighted by atomic mass is 10.3. The van der Waals surface area contributed by atoms with E-state index in [9.17, 15) is 13.2 Å². The summed E-state index contributed by atoms with van der Waals surface area (Å²) in [6.45, 7) is 0.186. The van der Waals surface area contributed by atoms with Gasteiger partial charge in [-0.1, -0.05) is 0 Å². The molecular weight excluding hydrogens is 197 g/mol. The predicted molar refractivity (Wildman–Crippen MR) is 43.8 cm³/mol. The SMILES string of the molecule is N=C(N)CCn1cc(C(F)(F)F)cn1. The lowest BCUT2D eigenvalue weighted by Crippen LogP contribution is -2.13. The Bertz CT molecular complexity index is 328. The van der Waals surface area contributed by atoms with Gasteiger partial charge in [0.25, 0.3) is 0 Å². The smallest absolute Gasteiger partial charge is 0.388 e. The van der Waals surface area contributed by atoms with Crippen LogP contribution < -0.4 is 5.73 Å². The van der Waals surface area contributed by atoms with E-state index in [2.05, 4.69) is 5.10 Å². The van der Waals surface area contributed by atoms with Gasteiger partial charge in [0.05, 0.1) is 17.6 Å². The fourth-order valence-corrected chi connectivity index (χ4v) is 0.867. The maximum atomic E-state index is 12.1. The predicted octanol–water partition coefficient (Wildman–Crippen LogP) is 1.23. The van der Waals surface area contributed by atoms with Gasteiger partial charge in [-0.25, -0.2) is 0 Å². The number of aryl methyl sites for hydroxylation is 1. The number of nitrogens with one attached hydrogen (secondary N) is 1. The van der Waals surface area contributed by atoms with Gasteiger partial charge >= 0.3 is 6.18 Å². The monoisotopic (exact) mass is 206 g/mol. The van der Waals surface area contributed by atoms with Gasteiger partial charge in [-0.15, -0.1) is 0 Å². The summed E-state index contributed by atoms with van der Waals surface area (Å²) in [4.78, 5) is 0. The Balaban J connectivity index is 2.64. The van der Waals surface area contributed by atoms with E-state index in [1.54, 1.807) is 0 Å². The molecule has 0 radical (unpaired) electrons. The molecule has 0 aromatic carbocycles. The zero-order valence-electron chi connectivity index (χ0n) is 7.17. The number of rotatable bonds is 3. The fourth-order valence-electron chi connectivity index (χ4n) is 0.867. The second kappa shape index (κ2) is 3.69. The Morgan fingerprint density at radius 3 is 2.64 bits per heavy atom. The molecule has 1 aromatic heterocycles. The van der Waals surface area contributed by atoms with Crippen molar-refractivity contribution in [1.29, 1.82) is 5.41 Å². The number of halogens is 3. The van der Waals surface area contributed by atoms with Gasteiger partial charge in [0.2, 0.25) is 0 Å². The summed E-state index contributed by atoms with van der Waals surface area (Å²) in [6.07, 6.45) is -2.53. The number of alkyl halides is 3. The van der Waals surface area contributed by atoms with E-state index in [0.29, 0.717) is 0 Å². The molecule has 0 saturated heterocycles. The maximum Gasteiger partial charge on any atom is 0.419 e. The van der Waals surface area contributed by atoms with Crippen LogP contribution in [0.3, 0.4) is 0 Å². The van der Waals surface area contributed by atoms with Crippen molar-refractivity contribution in [2.24, 2.45) is 5.73 Å². The van der Waals surface area contributed by atoms with Gasteiger partial charge in [0.1, 0.15) is 0 Å². The van der Waals surface area contributed by atoms with Gasteiger partial charge in [0.15, 0.2) is 0 Å². The molecule has 0 atom stereocenters. The zero-order valence-corrected chi connectivity index (χ0v) is 7.17. The Morgan fingerprint density at radius 2 is 2.21 bits per heavy atom. The summed E-state index contributed by atoms with van der Waals surface area (Å²) >= 11 is 0. The second-order valence-corrected chi connectivity index (χ2v) is 2.77. The van der Waals surface area contributed by atoms with Crippen LogP contribution in [0.1, 0.15) is 12.0 Å². The van der Waals surface area contributed by atoms with Crippen molar-refractivity contribution in [3.63, 3.8) is 0 Å². The first-order valence-electron chi connectivity index (χ1n) is 3.82. The molecule has 0 aliphatic rings. The average Bonchev–Trinajstić information content (AvgIpc) is 2.47. The third-order valence-electron chi connectivity index (χ3n) is 1.57. The molecule has 0 bridgehead atoms. The van der Waals surface area contributed by atoms with E-state index in [4.69, 9.17) is 11.1 Å². The standard InChI is InChI=1S/C7H9F3N4/c8-7(9,10)5-3-13-14(4-5)2-1-6(11)12/h3-4H,1-2H2,(H3,11,12). The molecular formula is C7H9F3N4. The molecule has 0 aliphatic carbocycles. The van der Waals surface area contributed by atoms with Gasteiger partial charge in [0, 0.05) is 19.2 Å². The lowest BCUT2D eigenvalue weighted by Gasteiger charge is -2.01. The summed E-state index contributed by atoms with van der Waals surface area (Å²) in [6, 6.07) is 0. The fraction of sp³-hybridized carbons (Fsp3) is 0.429. The molecule has 0 spiro atoms. The molecule has 1 heterocycles. The van der Waals surface area contributed by atoms with Crippen LogP contribution in [0.25, 0.3) is 0 Å². The highest BCUT2D eigenvalue weighted by atomic mass is 19.4. The van der Waals surface area contributed by atoms with Crippen LogP contribution in [-0.4, -0.2) is 15.6 Å². The van der Waals surface area contributed by atoms with Crippen molar-refractivity contribution in [3.8, 4) is 0 Å². The Kier molecular flexibility index (Phi) is 2.78. The minimum Gasteiger partial charge on any atom is -0.388 e. The number of amidine groups is 1. The molecule has 1 rings (SSSR count). The Labute approximate surface area is 78.0 Å².